The molecule has 6 nitrogen and oxygen atoms in total. The first-order chi connectivity index (χ1) is 8.08. The SMILES string of the molecule is O=[N+]([O-])c1ccc(N2CCC(O)C(O)C2)cc1. The fraction of sp³-hybridized carbons (Fsp3) is 0.455. The van der Waals surface area contributed by atoms with Crippen LogP contribution in [0.5, 0.6) is 0 Å². The Labute approximate surface area is 98.3 Å². The maximum absolute atomic E-state index is 10.5. The van der Waals surface area contributed by atoms with Crippen LogP contribution in [-0.2, 0) is 0 Å². The lowest BCUT2D eigenvalue weighted by molar-refractivity contribution is -0.384. The molecule has 0 saturated carbocycles. The van der Waals surface area contributed by atoms with E-state index in [0.717, 1.165) is 5.69 Å². The second-order valence-corrected chi connectivity index (χ2v) is 4.14. The van der Waals surface area contributed by atoms with Crippen molar-refractivity contribution in [1.29, 1.82) is 0 Å². The number of aliphatic hydroxyl groups excluding tert-OH is 2. The van der Waals surface area contributed by atoms with Gasteiger partial charge < -0.3 is 15.1 Å². The van der Waals surface area contributed by atoms with Crippen molar-refractivity contribution >= 4 is 11.4 Å². The number of hydrogen-bond acceptors (Lipinski definition) is 5. The Bertz CT molecular complexity index is 406. The molecule has 0 aromatic heterocycles. The summed E-state index contributed by atoms with van der Waals surface area (Å²) in [6, 6.07) is 6.19. The molecule has 17 heavy (non-hydrogen) atoms. The summed E-state index contributed by atoms with van der Waals surface area (Å²) in [4.78, 5) is 12.0. The van der Waals surface area contributed by atoms with E-state index in [4.69, 9.17) is 0 Å². The zero-order valence-electron chi connectivity index (χ0n) is 9.19. The van der Waals surface area contributed by atoms with Gasteiger partial charge in [-0.25, -0.2) is 0 Å². The summed E-state index contributed by atoms with van der Waals surface area (Å²) >= 11 is 0. The summed E-state index contributed by atoms with van der Waals surface area (Å²) in [6.07, 6.45) is -0.943. The van der Waals surface area contributed by atoms with E-state index >= 15 is 0 Å². The number of hydrogen-bond donors (Lipinski definition) is 2. The van der Waals surface area contributed by atoms with Crippen LogP contribution in [0.25, 0.3) is 0 Å². The standard InChI is InChI=1S/C11H14N2O4/c14-10-5-6-12(7-11(10)15)8-1-3-9(4-2-8)13(16)17/h1-4,10-11,14-15H,5-7H2. The Morgan fingerprint density at radius 2 is 1.88 bits per heavy atom. The fourth-order valence-corrected chi connectivity index (χ4v) is 1.94. The van der Waals surface area contributed by atoms with Gasteiger partial charge >= 0.3 is 0 Å². The number of nitrogens with zero attached hydrogens (tertiary/aromatic N) is 2. The van der Waals surface area contributed by atoms with Crippen LogP contribution in [0.3, 0.4) is 0 Å². The van der Waals surface area contributed by atoms with Crippen LogP contribution in [0.4, 0.5) is 11.4 Å². The predicted molar refractivity (Wildman–Crippen MR) is 61.9 cm³/mol. The van der Waals surface area contributed by atoms with Crippen molar-refractivity contribution in [1.82, 2.24) is 0 Å². The summed E-state index contributed by atoms with van der Waals surface area (Å²) in [5.74, 6) is 0. The highest BCUT2D eigenvalue weighted by Crippen LogP contribution is 2.22. The molecular formula is C11H14N2O4. The average molecular weight is 238 g/mol. The first kappa shape index (κ1) is 11.8. The summed E-state index contributed by atoms with van der Waals surface area (Å²) in [5, 5.41) is 29.4. The maximum atomic E-state index is 10.5. The minimum absolute atomic E-state index is 0.0475. The van der Waals surface area contributed by atoms with Gasteiger partial charge in [-0.1, -0.05) is 0 Å². The van der Waals surface area contributed by atoms with Crippen molar-refractivity contribution in [3.8, 4) is 0 Å². The number of piperidine rings is 1. The molecule has 1 aliphatic heterocycles. The second kappa shape index (κ2) is 4.68. The number of non-ortho nitro benzene ring substituents is 1. The third-order valence-corrected chi connectivity index (χ3v) is 2.97. The Morgan fingerprint density at radius 1 is 1.24 bits per heavy atom. The number of aliphatic hydroxyl groups is 2. The van der Waals surface area contributed by atoms with Crippen molar-refractivity contribution in [2.24, 2.45) is 0 Å². The highest BCUT2D eigenvalue weighted by atomic mass is 16.6. The van der Waals surface area contributed by atoms with E-state index < -0.39 is 17.1 Å². The van der Waals surface area contributed by atoms with Crippen molar-refractivity contribution < 1.29 is 15.1 Å². The van der Waals surface area contributed by atoms with Gasteiger partial charge in [0.25, 0.3) is 5.69 Å². The zero-order chi connectivity index (χ0) is 12.4. The molecule has 1 aromatic rings. The molecule has 1 saturated heterocycles. The lowest BCUT2D eigenvalue weighted by Gasteiger charge is -2.34. The van der Waals surface area contributed by atoms with Crippen LogP contribution in [0.15, 0.2) is 24.3 Å². The van der Waals surface area contributed by atoms with E-state index in [1.165, 1.54) is 12.1 Å². The number of benzene rings is 1. The van der Waals surface area contributed by atoms with Gasteiger partial charge in [0.1, 0.15) is 0 Å². The monoisotopic (exact) mass is 238 g/mol. The summed E-state index contributed by atoms with van der Waals surface area (Å²) in [6.45, 7) is 0.981. The van der Waals surface area contributed by atoms with Gasteiger partial charge in [0.2, 0.25) is 0 Å². The molecule has 2 N–H and O–H groups in total. The molecule has 0 amide bonds. The molecule has 1 aromatic carbocycles. The van der Waals surface area contributed by atoms with Gasteiger partial charge in [-0.15, -0.1) is 0 Å². The predicted octanol–water partition coefficient (Wildman–Crippen LogP) is 0.527. The third-order valence-electron chi connectivity index (χ3n) is 2.97. The highest BCUT2D eigenvalue weighted by Gasteiger charge is 2.26. The molecule has 0 aliphatic carbocycles. The van der Waals surface area contributed by atoms with E-state index in [2.05, 4.69) is 0 Å². The lowest BCUT2D eigenvalue weighted by atomic mass is 10.0. The molecular weight excluding hydrogens is 224 g/mol. The molecule has 1 fully saturated rings. The van der Waals surface area contributed by atoms with E-state index in [-0.39, 0.29) is 5.69 Å². The normalized spacial score (nSPS) is 24.7. The van der Waals surface area contributed by atoms with Crippen molar-refractivity contribution in [2.45, 2.75) is 18.6 Å². The van der Waals surface area contributed by atoms with Gasteiger partial charge in [0.15, 0.2) is 0 Å². The number of β-amino-alcohol motifs (C(OH)–C–C–N with tert-alkyl or cyclic N) is 1. The van der Waals surface area contributed by atoms with E-state index in [0.29, 0.717) is 19.5 Å². The number of nitro groups is 1. The molecule has 2 rings (SSSR count). The Morgan fingerprint density at radius 3 is 2.41 bits per heavy atom. The fourth-order valence-electron chi connectivity index (χ4n) is 1.94. The van der Waals surface area contributed by atoms with Crippen molar-refractivity contribution in [3.63, 3.8) is 0 Å². The first-order valence-corrected chi connectivity index (χ1v) is 5.43. The highest BCUT2D eigenvalue weighted by molar-refractivity contribution is 5.51. The topological polar surface area (TPSA) is 86.8 Å². The first-order valence-electron chi connectivity index (χ1n) is 5.43. The summed E-state index contributed by atoms with van der Waals surface area (Å²) in [5.41, 5.74) is 0.868. The van der Waals surface area contributed by atoms with Gasteiger partial charge in [-0.05, 0) is 18.6 Å². The molecule has 92 valence electrons. The number of rotatable bonds is 2. The van der Waals surface area contributed by atoms with E-state index in [1.54, 1.807) is 12.1 Å². The van der Waals surface area contributed by atoms with Crippen LogP contribution in [-0.4, -0.2) is 40.4 Å². The molecule has 1 heterocycles. The molecule has 6 heteroatoms. The smallest absolute Gasteiger partial charge is 0.269 e. The average Bonchev–Trinajstić information content (AvgIpc) is 2.33. The van der Waals surface area contributed by atoms with Crippen LogP contribution in [0.2, 0.25) is 0 Å². The minimum atomic E-state index is -0.765. The molecule has 0 bridgehead atoms. The summed E-state index contributed by atoms with van der Waals surface area (Å²) < 4.78 is 0. The number of nitro benzene ring substituents is 1. The van der Waals surface area contributed by atoms with Crippen LogP contribution in [0.1, 0.15) is 6.42 Å². The molecule has 0 radical (unpaired) electrons. The van der Waals surface area contributed by atoms with Gasteiger partial charge in [-0.3, -0.25) is 10.1 Å². The number of anilines is 1. The third kappa shape index (κ3) is 2.54. The quantitative estimate of drug-likeness (QED) is 0.579. The van der Waals surface area contributed by atoms with Crippen LogP contribution < -0.4 is 4.90 Å². The molecule has 0 spiro atoms. The zero-order valence-corrected chi connectivity index (χ0v) is 9.19. The van der Waals surface area contributed by atoms with Crippen LogP contribution in [0, 0.1) is 10.1 Å². The van der Waals surface area contributed by atoms with Gasteiger partial charge in [-0.2, -0.15) is 0 Å². The molecule has 2 unspecified atom stereocenters. The van der Waals surface area contributed by atoms with E-state index in [9.17, 15) is 20.3 Å². The summed E-state index contributed by atoms with van der Waals surface area (Å²) in [7, 11) is 0. The van der Waals surface area contributed by atoms with Gasteiger partial charge in [0, 0.05) is 30.9 Å². The Hall–Kier alpha value is -1.66. The minimum Gasteiger partial charge on any atom is -0.390 e. The van der Waals surface area contributed by atoms with Crippen LogP contribution >= 0.6 is 0 Å². The van der Waals surface area contributed by atoms with Crippen molar-refractivity contribution in [2.75, 3.05) is 18.0 Å². The Balaban J connectivity index is 2.10. The van der Waals surface area contributed by atoms with E-state index in [1.807, 2.05) is 4.90 Å². The van der Waals surface area contributed by atoms with Gasteiger partial charge in [0.05, 0.1) is 17.1 Å². The lowest BCUT2D eigenvalue weighted by Crippen LogP contribution is -2.46. The Kier molecular flexibility index (Phi) is 3.26. The second-order valence-electron chi connectivity index (χ2n) is 4.14. The molecule has 2 atom stereocenters. The van der Waals surface area contributed by atoms with Crippen molar-refractivity contribution in [3.05, 3.63) is 34.4 Å². The largest absolute Gasteiger partial charge is 0.390 e. The molecule has 1 aliphatic rings. The maximum Gasteiger partial charge on any atom is 0.269 e.